The predicted octanol–water partition coefficient (Wildman–Crippen LogP) is 3.09. The molecule has 1 N–H and O–H groups in total. The quantitative estimate of drug-likeness (QED) is 0.747. The van der Waals surface area contributed by atoms with Crippen LogP contribution in [0, 0.1) is 0 Å². The van der Waals surface area contributed by atoms with E-state index in [0.717, 1.165) is 55.8 Å². The highest BCUT2D eigenvalue weighted by atomic mass is 32.1. The molecular formula is C17H18N4OS. The molecule has 0 saturated carbocycles. The monoisotopic (exact) mass is 326 g/mol. The maximum atomic E-state index is 6.29. The van der Waals surface area contributed by atoms with Gasteiger partial charge in [0.25, 0.3) is 0 Å². The minimum Gasteiger partial charge on any atom is -0.370 e. The number of piperidine rings is 1. The summed E-state index contributed by atoms with van der Waals surface area (Å²) in [5, 5.41) is 3.31. The van der Waals surface area contributed by atoms with Gasteiger partial charge in [0.15, 0.2) is 0 Å². The van der Waals surface area contributed by atoms with Gasteiger partial charge in [-0.1, -0.05) is 0 Å². The highest BCUT2D eigenvalue weighted by molar-refractivity contribution is 7.10. The van der Waals surface area contributed by atoms with Crippen molar-refractivity contribution in [2.24, 2.45) is 0 Å². The van der Waals surface area contributed by atoms with Crippen molar-refractivity contribution in [3.63, 3.8) is 0 Å². The van der Waals surface area contributed by atoms with Crippen molar-refractivity contribution in [1.29, 1.82) is 0 Å². The van der Waals surface area contributed by atoms with Crippen LogP contribution in [0.1, 0.15) is 23.3 Å². The Morgan fingerprint density at radius 2 is 2.13 bits per heavy atom. The zero-order valence-electron chi connectivity index (χ0n) is 12.8. The molecule has 0 aliphatic carbocycles. The van der Waals surface area contributed by atoms with Crippen LogP contribution in [-0.2, 0) is 16.8 Å². The molecule has 5 heterocycles. The van der Waals surface area contributed by atoms with E-state index in [4.69, 9.17) is 4.74 Å². The molecule has 3 aromatic rings. The molecule has 23 heavy (non-hydrogen) atoms. The highest BCUT2D eigenvalue weighted by Gasteiger charge is 2.41. The molecule has 0 amide bonds. The molecule has 0 aromatic carbocycles. The van der Waals surface area contributed by atoms with Crippen molar-refractivity contribution in [2.45, 2.75) is 24.9 Å². The Morgan fingerprint density at radius 1 is 1.22 bits per heavy atom. The summed E-state index contributed by atoms with van der Waals surface area (Å²) in [6.45, 7) is 2.78. The van der Waals surface area contributed by atoms with E-state index in [2.05, 4.69) is 37.4 Å². The van der Waals surface area contributed by atoms with Crippen LogP contribution in [0.3, 0.4) is 0 Å². The van der Waals surface area contributed by atoms with Crippen LogP contribution in [0.2, 0.25) is 0 Å². The predicted molar refractivity (Wildman–Crippen MR) is 91.0 cm³/mol. The molecular weight excluding hydrogens is 308 g/mol. The maximum Gasteiger partial charge on any atom is 0.142 e. The maximum absolute atomic E-state index is 6.29. The molecule has 1 saturated heterocycles. The first-order valence-electron chi connectivity index (χ1n) is 8.10. The van der Waals surface area contributed by atoms with E-state index in [-0.39, 0.29) is 5.60 Å². The van der Waals surface area contributed by atoms with Crippen LogP contribution < -0.4 is 4.90 Å². The fraction of sp³-hybridized carbons (Fsp3) is 0.412. The van der Waals surface area contributed by atoms with Gasteiger partial charge in [-0.25, -0.2) is 9.97 Å². The Hall–Kier alpha value is -1.92. The molecule has 0 radical (unpaired) electrons. The molecule has 2 aliphatic heterocycles. The van der Waals surface area contributed by atoms with E-state index in [0.29, 0.717) is 0 Å². The van der Waals surface area contributed by atoms with E-state index in [1.54, 1.807) is 6.33 Å². The highest BCUT2D eigenvalue weighted by Crippen LogP contribution is 2.44. The van der Waals surface area contributed by atoms with Gasteiger partial charge in [0.1, 0.15) is 17.8 Å². The van der Waals surface area contributed by atoms with Crippen molar-refractivity contribution in [3.8, 4) is 0 Å². The molecule has 5 nitrogen and oxygen atoms in total. The first-order chi connectivity index (χ1) is 11.4. The van der Waals surface area contributed by atoms with Crippen molar-refractivity contribution < 1.29 is 4.74 Å². The second-order valence-electron chi connectivity index (χ2n) is 6.27. The number of ether oxygens (including phenoxy) is 1. The third kappa shape index (κ3) is 2.01. The van der Waals surface area contributed by atoms with Gasteiger partial charge in [-0.2, -0.15) is 0 Å². The molecule has 5 rings (SSSR count). The van der Waals surface area contributed by atoms with Gasteiger partial charge < -0.3 is 14.6 Å². The summed E-state index contributed by atoms with van der Waals surface area (Å²) in [5.74, 6) is 1.03. The summed E-state index contributed by atoms with van der Waals surface area (Å²) in [7, 11) is 0. The molecule has 1 fully saturated rings. The fourth-order valence-electron chi connectivity index (χ4n) is 3.96. The smallest absolute Gasteiger partial charge is 0.142 e. The topological polar surface area (TPSA) is 54.0 Å². The fourth-order valence-corrected chi connectivity index (χ4v) is 4.91. The molecule has 0 atom stereocenters. The summed E-state index contributed by atoms with van der Waals surface area (Å²) in [6.07, 6.45) is 6.68. The zero-order valence-corrected chi connectivity index (χ0v) is 13.6. The summed E-state index contributed by atoms with van der Waals surface area (Å²) >= 11 is 1.87. The Kier molecular flexibility index (Phi) is 2.96. The molecule has 0 bridgehead atoms. The second-order valence-corrected chi connectivity index (χ2v) is 7.28. The molecule has 2 aliphatic rings. The number of hydrogen-bond donors (Lipinski definition) is 1. The minimum atomic E-state index is -0.0750. The number of aromatic amines is 1. The van der Waals surface area contributed by atoms with Crippen molar-refractivity contribution in [3.05, 3.63) is 40.5 Å². The van der Waals surface area contributed by atoms with E-state index in [9.17, 15) is 0 Å². The molecule has 0 unspecified atom stereocenters. The number of H-pyrrole nitrogens is 1. The van der Waals surface area contributed by atoms with Gasteiger partial charge in [0.05, 0.1) is 17.6 Å². The number of hydrogen-bond acceptors (Lipinski definition) is 5. The normalized spacial score (nSPS) is 20.1. The van der Waals surface area contributed by atoms with Crippen LogP contribution in [0.15, 0.2) is 30.0 Å². The molecule has 1 spiro atoms. The Balaban J connectivity index is 1.45. The Labute approximate surface area is 138 Å². The lowest BCUT2D eigenvalue weighted by molar-refractivity contribution is -0.0757. The van der Waals surface area contributed by atoms with Crippen LogP contribution in [0.4, 0.5) is 5.82 Å². The summed E-state index contributed by atoms with van der Waals surface area (Å²) in [5.41, 5.74) is 2.26. The van der Waals surface area contributed by atoms with Gasteiger partial charge >= 0.3 is 0 Å². The van der Waals surface area contributed by atoms with E-state index in [1.165, 1.54) is 10.4 Å². The van der Waals surface area contributed by atoms with Crippen molar-refractivity contribution in [2.75, 3.05) is 24.6 Å². The number of thiophene rings is 1. The standard InChI is InChI=1S/C17H18N4OS/c1-6-18-15-12(1)16(20-11-19-15)21-7-4-17(5-8-21)13-3-10-23-14(13)2-9-22-17/h1,3,6,10-11H,2,4-5,7-9H2,(H,18,19,20). The Morgan fingerprint density at radius 3 is 3.04 bits per heavy atom. The van der Waals surface area contributed by atoms with Gasteiger partial charge in [-0.05, 0) is 35.9 Å². The molecule has 118 valence electrons. The van der Waals surface area contributed by atoms with Gasteiger partial charge in [0, 0.05) is 30.6 Å². The lowest BCUT2D eigenvalue weighted by Gasteiger charge is -2.44. The molecule has 6 heteroatoms. The van der Waals surface area contributed by atoms with Crippen LogP contribution in [-0.4, -0.2) is 34.6 Å². The zero-order chi connectivity index (χ0) is 15.3. The number of aromatic nitrogens is 3. The average Bonchev–Trinajstić information content (AvgIpc) is 3.25. The minimum absolute atomic E-state index is 0.0750. The SMILES string of the molecule is c1nc(N2CCC3(CC2)OCCc2sccc23)c2cc[nH]c2n1. The van der Waals surface area contributed by atoms with Crippen molar-refractivity contribution in [1.82, 2.24) is 15.0 Å². The lowest BCUT2D eigenvalue weighted by atomic mass is 9.82. The summed E-state index contributed by atoms with van der Waals surface area (Å²) in [6, 6.07) is 4.33. The van der Waals surface area contributed by atoms with Crippen LogP contribution in [0.5, 0.6) is 0 Å². The number of nitrogens with one attached hydrogen (secondary N) is 1. The number of nitrogens with zero attached hydrogens (tertiary/aromatic N) is 3. The third-order valence-corrected chi connectivity index (χ3v) is 6.13. The van der Waals surface area contributed by atoms with E-state index < -0.39 is 0 Å². The van der Waals surface area contributed by atoms with Gasteiger partial charge in [-0.15, -0.1) is 11.3 Å². The van der Waals surface area contributed by atoms with Gasteiger partial charge in [-0.3, -0.25) is 0 Å². The first kappa shape index (κ1) is 13.5. The van der Waals surface area contributed by atoms with E-state index in [1.807, 2.05) is 17.5 Å². The number of rotatable bonds is 1. The Bertz CT molecular complexity index is 847. The van der Waals surface area contributed by atoms with Crippen molar-refractivity contribution >= 4 is 28.2 Å². The number of fused-ring (bicyclic) bond motifs is 3. The summed E-state index contributed by atoms with van der Waals surface area (Å²) < 4.78 is 6.29. The summed E-state index contributed by atoms with van der Waals surface area (Å²) in [4.78, 5) is 15.9. The number of anilines is 1. The third-order valence-electron chi connectivity index (χ3n) is 5.15. The first-order valence-corrected chi connectivity index (χ1v) is 8.98. The lowest BCUT2D eigenvalue weighted by Crippen LogP contribution is -2.46. The largest absolute Gasteiger partial charge is 0.370 e. The second kappa shape index (κ2) is 5.04. The van der Waals surface area contributed by atoms with Crippen LogP contribution >= 0.6 is 11.3 Å². The van der Waals surface area contributed by atoms with E-state index >= 15 is 0 Å². The average molecular weight is 326 g/mol. The van der Waals surface area contributed by atoms with Crippen LogP contribution in [0.25, 0.3) is 11.0 Å². The van der Waals surface area contributed by atoms with Gasteiger partial charge in [0.2, 0.25) is 0 Å². The molecule has 3 aromatic heterocycles.